The lowest BCUT2D eigenvalue weighted by Gasteiger charge is -2.39. The van der Waals surface area contributed by atoms with Gasteiger partial charge in [0.15, 0.2) is 0 Å². The number of hydrogen-bond acceptors (Lipinski definition) is 1. The molecule has 1 amide bonds. The first-order chi connectivity index (χ1) is 8.63. The van der Waals surface area contributed by atoms with Gasteiger partial charge in [-0.05, 0) is 50.8 Å². The van der Waals surface area contributed by atoms with E-state index in [0.29, 0.717) is 12.1 Å². The lowest BCUT2D eigenvalue weighted by atomic mass is 9.96. The van der Waals surface area contributed by atoms with Crippen LogP contribution in [0.25, 0.3) is 0 Å². The summed E-state index contributed by atoms with van der Waals surface area (Å²) in [6.07, 6.45) is 3.47. The van der Waals surface area contributed by atoms with Crippen LogP contribution in [-0.2, 0) is 5.33 Å². The van der Waals surface area contributed by atoms with Crippen LogP contribution < -0.4 is 0 Å². The summed E-state index contributed by atoms with van der Waals surface area (Å²) >= 11 is 3.44. The molecule has 0 bridgehead atoms. The average molecular weight is 310 g/mol. The molecule has 2 rings (SSSR count). The van der Waals surface area contributed by atoms with Crippen molar-refractivity contribution >= 4 is 21.8 Å². The number of amides is 1. The third kappa shape index (κ3) is 2.77. The van der Waals surface area contributed by atoms with Gasteiger partial charge in [-0.25, -0.2) is 0 Å². The fourth-order valence-electron chi connectivity index (χ4n) is 2.76. The van der Waals surface area contributed by atoms with E-state index in [1.165, 1.54) is 6.42 Å². The number of alkyl halides is 1. The van der Waals surface area contributed by atoms with E-state index in [9.17, 15) is 4.79 Å². The number of hydrogen-bond donors (Lipinski definition) is 0. The zero-order valence-electron chi connectivity index (χ0n) is 11.0. The summed E-state index contributed by atoms with van der Waals surface area (Å²) in [6.45, 7) is 4.31. The molecule has 1 aromatic carbocycles. The summed E-state index contributed by atoms with van der Waals surface area (Å²) in [5.74, 6) is 0.178. The van der Waals surface area contributed by atoms with E-state index in [1.807, 2.05) is 24.3 Å². The van der Waals surface area contributed by atoms with Crippen LogP contribution in [0.1, 0.15) is 49.0 Å². The molecule has 0 aromatic heterocycles. The van der Waals surface area contributed by atoms with Crippen molar-refractivity contribution in [3.63, 3.8) is 0 Å². The van der Waals surface area contributed by atoms with Crippen molar-refractivity contribution in [2.75, 3.05) is 0 Å². The number of halogens is 1. The molecule has 1 fully saturated rings. The largest absolute Gasteiger partial charge is 0.333 e. The highest BCUT2D eigenvalue weighted by atomic mass is 79.9. The Kier molecular flexibility index (Phi) is 4.44. The third-order valence-electron chi connectivity index (χ3n) is 3.76. The summed E-state index contributed by atoms with van der Waals surface area (Å²) < 4.78 is 0. The van der Waals surface area contributed by atoms with Gasteiger partial charge in [0, 0.05) is 23.0 Å². The minimum Gasteiger partial charge on any atom is -0.333 e. The van der Waals surface area contributed by atoms with Gasteiger partial charge < -0.3 is 4.90 Å². The van der Waals surface area contributed by atoms with Gasteiger partial charge in [0.05, 0.1) is 0 Å². The molecule has 1 aliphatic rings. The van der Waals surface area contributed by atoms with E-state index >= 15 is 0 Å². The second kappa shape index (κ2) is 5.87. The number of likely N-dealkylation sites (tertiary alicyclic amines) is 1. The maximum Gasteiger partial charge on any atom is 0.254 e. The Balaban J connectivity index is 2.23. The first kappa shape index (κ1) is 13.6. The van der Waals surface area contributed by atoms with E-state index in [0.717, 1.165) is 29.3 Å². The number of carbonyl (C=O) groups excluding carboxylic acids is 1. The van der Waals surface area contributed by atoms with Gasteiger partial charge >= 0.3 is 0 Å². The van der Waals surface area contributed by atoms with Crippen molar-refractivity contribution in [3.05, 3.63) is 35.4 Å². The number of piperidine rings is 1. The van der Waals surface area contributed by atoms with Crippen LogP contribution in [0.2, 0.25) is 0 Å². The van der Waals surface area contributed by atoms with E-state index in [4.69, 9.17) is 0 Å². The lowest BCUT2D eigenvalue weighted by molar-refractivity contribution is 0.0510. The molecule has 1 aromatic rings. The Morgan fingerprint density at radius 3 is 2.61 bits per heavy atom. The highest BCUT2D eigenvalue weighted by molar-refractivity contribution is 9.08. The summed E-state index contributed by atoms with van der Waals surface area (Å²) in [5.41, 5.74) is 1.96. The number of carbonyl (C=O) groups is 1. The second-order valence-electron chi connectivity index (χ2n) is 5.18. The van der Waals surface area contributed by atoms with Crippen molar-refractivity contribution in [2.45, 2.75) is 50.5 Å². The fraction of sp³-hybridized carbons (Fsp3) is 0.533. The molecule has 1 saturated heterocycles. The molecule has 0 aliphatic carbocycles. The molecule has 2 atom stereocenters. The maximum absolute atomic E-state index is 12.6. The van der Waals surface area contributed by atoms with Crippen LogP contribution >= 0.6 is 15.9 Å². The van der Waals surface area contributed by atoms with Crippen LogP contribution in [0, 0.1) is 0 Å². The van der Waals surface area contributed by atoms with Gasteiger partial charge in [0.25, 0.3) is 5.91 Å². The Morgan fingerprint density at radius 1 is 1.33 bits per heavy atom. The topological polar surface area (TPSA) is 20.3 Å². The van der Waals surface area contributed by atoms with Crippen molar-refractivity contribution in [3.8, 4) is 0 Å². The molecule has 2 unspecified atom stereocenters. The third-order valence-corrected chi connectivity index (χ3v) is 4.40. The maximum atomic E-state index is 12.6. The zero-order chi connectivity index (χ0) is 13.1. The lowest BCUT2D eigenvalue weighted by Crippen LogP contribution is -2.47. The van der Waals surface area contributed by atoms with E-state index in [-0.39, 0.29) is 5.91 Å². The van der Waals surface area contributed by atoms with Gasteiger partial charge in [-0.15, -0.1) is 0 Å². The molecule has 18 heavy (non-hydrogen) atoms. The first-order valence-electron chi connectivity index (χ1n) is 6.61. The van der Waals surface area contributed by atoms with E-state index in [1.54, 1.807) is 0 Å². The van der Waals surface area contributed by atoms with Gasteiger partial charge in [0.1, 0.15) is 0 Å². The summed E-state index contributed by atoms with van der Waals surface area (Å²) in [7, 11) is 0. The molecule has 98 valence electrons. The highest BCUT2D eigenvalue weighted by Gasteiger charge is 2.29. The predicted octanol–water partition coefficient (Wildman–Crippen LogP) is 3.98. The monoisotopic (exact) mass is 309 g/mol. The van der Waals surface area contributed by atoms with E-state index in [2.05, 4.69) is 34.7 Å². The molecule has 1 aliphatic heterocycles. The van der Waals surface area contributed by atoms with Crippen molar-refractivity contribution in [1.82, 2.24) is 4.90 Å². The van der Waals surface area contributed by atoms with Gasteiger partial charge in [-0.3, -0.25) is 4.79 Å². The average Bonchev–Trinajstić information content (AvgIpc) is 2.38. The summed E-state index contributed by atoms with van der Waals surface area (Å²) in [5, 5.41) is 0.791. The standard InChI is InChI=1S/C15H20BrNO/c1-11-5-3-6-12(2)17(11)15(18)14-8-4-7-13(9-14)10-16/h4,7-9,11-12H,3,5-6,10H2,1-2H3. The molecular formula is C15H20BrNO. The Bertz CT molecular complexity index is 422. The summed E-state index contributed by atoms with van der Waals surface area (Å²) in [6, 6.07) is 8.62. The van der Waals surface area contributed by atoms with Gasteiger partial charge in [-0.2, -0.15) is 0 Å². The second-order valence-corrected chi connectivity index (χ2v) is 5.74. The normalized spacial score (nSPS) is 24.1. The van der Waals surface area contributed by atoms with Gasteiger partial charge in [0.2, 0.25) is 0 Å². The van der Waals surface area contributed by atoms with Crippen LogP contribution in [0.4, 0.5) is 0 Å². The van der Waals surface area contributed by atoms with Crippen LogP contribution in [0.5, 0.6) is 0 Å². The van der Waals surface area contributed by atoms with E-state index < -0.39 is 0 Å². The molecule has 3 heteroatoms. The number of benzene rings is 1. The van der Waals surface area contributed by atoms with Crippen molar-refractivity contribution in [2.24, 2.45) is 0 Å². The Hall–Kier alpha value is -0.830. The van der Waals surface area contributed by atoms with Crippen LogP contribution in [-0.4, -0.2) is 22.9 Å². The van der Waals surface area contributed by atoms with Crippen LogP contribution in [0.15, 0.2) is 24.3 Å². The van der Waals surface area contributed by atoms with Crippen molar-refractivity contribution < 1.29 is 4.79 Å². The Labute approximate surface area is 117 Å². The summed E-state index contributed by atoms with van der Waals surface area (Å²) in [4.78, 5) is 14.7. The predicted molar refractivity (Wildman–Crippen MR) is 78.0 cm³/mol. The van der Waals surface area contributed by atoms with Gasteiger partial charge in [-0.1, -0.05) is 28.1 Å². The fourth-order valence-corrected chi connectivity index (χ4v) is 3.11. The highest BCUT2D eigenvalue weighted by Crippen LogP contribution is 2.25. The minimum atomic E-state index is 0.178. The molecule has 0 saturated carbocycles. The molecule has 1 heterocycles. The molecule has 0 N–H and O–H groups in total. The number of nitrogens with zero attached hydrogens (tertiary/aromatic N) is 1. The van der Waals surface area contributed by atoms with Crippen LogP contribution in [0.3, 0.4) is 0 Å². The zero-order valence-corrected chi connectivity index (χ0v) is 12.6. The Morgan fingerprint density at radius 2 is 2.00 bits per heavy atom. The SMILES string of the molecule is CC1CCCC(C)N1C(=O)c1cccc(CBr)c1. The first-order valence-corrected chi connectivity index (χ1v) is 7.73. The molecule has 2 nitrogen and oxygen atoms in total. The quantitative estimate of drug-likeness (QED) is 0.757. The minimum absolute atomic E-state index is 0.178. The number of rotatable bonds is 2. The smallest absolute Gasteiger partial charge is 0.254 e. The molecule has 0 spiro atoms. The van der Waals surface area contributed by atoms with Crippen molar-refractivity contribution in [1.29, 1.82) is 0 Å². The molecule has 0 radical (unpaired) electrons. The molecular weight excluding hydrogens is 290 g/mol.